The van der Waals surface area contributed by atoms with Gasteiger partial charge in [0, 0.05) is 12.0 Å². The van der Waals surface area contributed by atoms with Crippen molar-refractivity contribution in [1.82, 2.24) is 5.32 Å². The van der Waals surface area contributed by atoms with Crippen molar-refractivity contribution in [3.8, 4) is 0 Å². The van der Waals surface area contributed by atoms with E-state index in [1.807, 2.05) is 0 Å². The number of sulfonamides is 1. The molecule has 0 bridgehead atoms. The number of nitrogens with one attached hydrogen (secondary N) is 1. The first-order valence-corrected chi connectivity index (χ1v) is 7.23. The third kappa shape index (κ3) is 4.67. The molecule has 0 spiro atoms. The summed E-state index contributed by atoms with van der Waals surface area (Å²) in [6, 6.07) is 2.26. The maximum Gasteiger partial charge on any atom is 0.303 e. The van der Waals surface area contributed by atoms with Crippen LogP contribution >= 0.6 is 0 Å². The average molecular weight is 304 g/mol. The average Bonchev–Trinajstić information content (AvgIpc) is 2.74. The van der Waals surface area contributed by atoms with Crippen LogP contribution in [-0.2, 0) is 14.8 Å². The number of amides is 1. The summed E-state index contributed by atoms with van der Waals surface area (Å²) in [6.07, 6.45) is 0.116. The highest BCUT2D eigenvalue weighted by Gasteiger charge is 2.25. The summed E-state index contributed by atoms with van der Waals surface area (Å²) in [5, 5.41) is 15.5. The monoisotopic (exact) mass is 304 g/mol. The number of primary sulfonamides is 1. The fraction of sp³-hybridized carbons (Fsp3) is 0.455. The second-order valence-electron chi connectivity index (χ2n) is 4.90. The number of furan rings is 1. The summed E-state index contributed by atoms with van der Waals surface area (Å²) in [7, 11) is -4.01. The van der Waals surface area contributed by atoms with Crippen LogP contribution in [0.1, 0.15) is 37.2 Å². The van der Waals surface area contributed by atoms with Crippen molar-refractivity contribution in [2.24, 2.45) is 5.14 Å². The van der Waals surface area contributed by atoms with E-state index in [1.165, 1.54) is 6.07 Å². The molecule has 0 aliphatic carbocycles. The SMILES string of the molecule is CC(C)(CCC(=O)O)NC(=O)c1ccc(S(N)(=O)=O)o1. The van der Waals surface area contributed by atoms with Crippen LogP contribution in [0, 0.1) is 0 Å². The van der Waals surface area contributed by atoms with E-state index in [2.05, 4.69) is 5.32 Å². The summed E-state index contributed by atoms with van der Waals surface area (Å²) in [5.41, 5.74) is -0.774. The van der Waals surface area contributed by atoms with Crippen LogP contribution in [-0.4, -0.2) is 30.9 Å². The summed E-state index contributed by atoms with van der Waals surface area (Å²) >= 11 is 0. The van der Waals surface area contributed by atoms with Gasteiger partial charge >= 0.3 is 5.97 Å². The van der Waals surface area contributed by atoms with Gasteiger partial charge in [0.1, 0.15) is 0 Å². The van der Waals surface area contributed by atoms with Crippen LogP contribution in [0.15, 0.2) is 21.6 Å². The lowest BCUT2D eigenvalue weighted by molar-refractivity contribution is -0.137. The van der Waals surface area contributed by atoms with Gasteiger partial charge in [0.2, 0.25) is 5.09 Å². The minimum absolute atomic E-state index is 0.103. The quantitative estimate of drug-likeness (QED) is 0.690. The first-order chi connectivity index (χ1) is 9.01. The first kappa shape index (κ1) is 16.2. The molecule has 0 unspecified atom stereocenters. The van der Waals surface area contributed by atoms with Crippen molar-refractivity contribution in [1.29, 1.82) is 0 Å². The Bertz CT molecular complexity index is 617. The smallest absolute Gasteiger partial charge is 0.303 e. The molecule has 1 amide bonds. The molecular formula is C11H16N2O6S. The van der Waals surface area contributed by atoms with Gasteiger partial charge in [-0.05, 0) is 32.4 Å². The lowest BCUT2D eigenvalue weighted by Crippen LogP contribution is -2.43. The largest absolute Gasteiger partial charge is 0.481 e. The van der Waals surface area contributed by atoms with Crippen molar-refractivity contribution in [3.63, 3.8) is 0 Å². The molecule has 0 radical (unpaired) electrons. The van der Waals surface area contributed by atoms with E-state index in [9.17, 15) is 18.0 Å². The lowest BCUT2D eigenvalue weighted by Gasteiger charge is -2.24. The normalized spacial score (nSPS) is 12.2. The van der Waals surface area contributed by atoms with E-state index in [0.717, 1.165) is 6.07 Å². The van der Waals surface area contributed by atoms with E-state index in [4.69, 9.17) is 14.7 Å². The van der Waals surface area contributed by atoms with E-state index >= 15 is 0 Å². The molecule has 0 saturated carbocycles. The van der Waals surface area contributed by atoms with E-state index < -0.39 is 32.5 Å². The molecule has 9 heteroatoms. The maximum absolute atomic E-state index is 11.9. The predicted molar refractivity (Wildman–Crippen MR) is 68.5 cm³/mol. The molecular weight excluding hydrogens is 288 g/mol. The summed E-state index contributed by atoms with van der Waals surface area (Å²) in [4.78, 5) is 22.4. The number of nitrogens with two attached hydrogens (primary N) is 1. The maximum atomic E-state index is 11.9. The van der Waals surface area contributed by atoms with E-state index in [-0.39, 0.29) is 18.6 Å². The number of carboxylic acid groups (broad SMARTS) is 1. The Hall–Kier alpha value is -1.87. The van der Waals surface area contributed by atoms with E-state index in [0.29, 0.717) is 0 Å². The molecule has 20 heavy (non-hydrogen) atoms. The molecule has 0 aromatic carbocycles. The Morgan fingerprint density at radius 3 is 2.45 bits per heavy atom. The van der Waals surface area contributed by atoms with Gasteiger partial charge in [-0.3, -0.25) is 9.59 Å². The highest BCUT2D eigenvalue weighted by molar-refractivity contribution is 7.89. The second-order valence-corrected chi connectivity index (χ2v) is 6.39. The molecule has 1 rings (SSSR count). The highest BCUT2D eigenvalue weighted by atomic mass is 32.2. The molecule has 8 nitrogen and oxygen atoms in total. The number of carbonyl (C=O) groups is 2. The number of hydrogen-bond donors (Lipinski definition) is 3. The Kier molecular flexibility index (Phi) is 4.56. The number of carbonyl (C=O) groups excluding carboxylic acids is 1. The van der Waals surface area contributed by atoms with Crippen molar-refractivity contribution >= 4 is 21.9 Å². The predicted octanol–water partition coefficient (Wildman–Crippen LogP) is 0.300. The molecule has 0 atom stereocenters. The Labute approximate surface area is 116 Å². The van der Waals surface area contributed by atoms with Gasteiger partial charge in [-0.15, -0.1) is 0 Å². The van der Waals surface area contributed by atoms with Gasteiger partial charge in [-0.2, -0.15) is 0 Å². The van der Waals surface area contributed by atoms with Gasteiger partial charge in [-0.25, -0.2) is 13.6 Å². The Morgan fingerprint density at radius 2 is 2.00 bits per heavy atom. The summed E-state index contributed by atoms with van der Waals surface area (Å²) in [5.74, 6) is -1.82. The van der Waals surface area contributed by atoms with Crippen LogP contribution in [0.2, 0.25) is 0 Å². The van der Waals surface area contributed by atoms with Gasteiger partial charge in [-0.1, -0.05) is 0 Å². The fourth-order valence-corrected chi connectivity index (χ4v) is 1.91. The van der Waals surface area contributed by atoms with Crippen LogP contribution in [0.25, 0.3) is 0 Å². The lowest BCUT2D eigenvalue weighted by atomic mass is 9.98. The standard InChI is InChI=1S/C11H16N2O6S/c1-11(2,6-5-8(14)15)13-10(16)7-3-4-9(19-7)20(12,17)18/h3-4H,5-6H2,1-2H3,(H,13,16)(H,14,15)(H2,12,17,18). The molecule has 112 valence electrons. The first-order valence-electron chi connectivity index (χ1n) is 5.68. The molecule has 1 aromatic rings. The number of hydrogen-bond acceptors (Lipinski definition) is 5. The summed E-state index contributed by atoms with van der Waals surface area (Å²) in [6.45, 7) is 3.30. The zero-order valence-electron chi connectivity index (χ0n) is 11.0. The van der Waals surface area contributed by atoms with Crippen LogP contribution < -0.4 is 10.5 Å². The molecule has 1 aromatic heterocycles. The molecule has 0 fully saturated rings. The fourth-order valence-electron chi connectivity index (χ4n) is 1.45. The van der Waals surface area contributed by atoms with Crippen LogP contribution in [0.5, 0.6) is 0 Å². The van der Waals surface area contributed by atoms with Gasteiger partial charge < -0.3 is 14.8 Å². The van der Waals surface area contributed by atoms with Crippen molar-refractivity contribution in [2.75, 3.05) is 0 Å². The molecule has 0 aliphatic rings. The van der Waals surface area contributed by atoms with Gasteiger partial charge in [0.15, 0.2) is 5.76 Å². The van der Waals surface area contributed by atoms with Crippen molar-refractivity contribution in [3.05, 3.63) is 17.9 Å². The number of aliphatic carboxylic acids is 1. The van der Waals surface area contributed by atoms with Crippen molar-refractivity contribution in [2.45, 2.75) is 37.3 Å². The highest BCUT2D eigenvalue weighted by Crippen LogP contribution is 2.16. The molecule has 0 aliphatic heterocycles. The molecule has 0 saturated heterocycles. The summed E-state index contributed by atoms with van der Waals surface area (Å²) < 4.78 is 26.9. The minimum atomic E-state index is -4.01. The van der Waals surface area contributed by atoms with E-state index in [1.54, 1.807) is 13.8 Å². The molecule has 1 heterocycles. The third-order valence-corrected chi connectivity index (χ3v) is 3.28. The Balaban J connectivity index is 2.76. The minimum Gasteiger partial charge on any atom is -0.481 e. The zero-order chi connectivity index (χ0) is 15.6. The number of carboxylic acids is 1. The third-order valence-electron chi connectivity index (χ3n) is 2.50. The second kappa shape index (κ2) is 5.63. The Morgan fingerprint density at radius 1 is 1.40 bits per heavy atom. The number of rotatable bonds is 6. The van der Waals surface area contributed by atoms with Gasteiger partial charge in [0.25, 0.3) is 15.9 Å². The molecule has 4 N–H and O–H groups in total. The van der Waals surface area contributed by atoms with Crippen LogP contribution in [0.4, 0.5) is 0 Å². The topological polar surface area (TPSA) is 140 Å². The van der Waals surface area contributed by atoms with Gasteiger partial charge in [0.05, 0.1) is 0 Å². The zero-order valence-corrected chi connectivity index (χ0v) is 11.9. The van der Waals surface area contributed by atoms with Crippen molar-refractivity contribution < 1.29 is 27.5 Å². The van der Waals surface area contributed by atoms with Crippen LogP contribution in [0.3, 0.4) is 0 Å².